The highest BCUT2D eigenvalue weighted by Crippen LogP contribution is 2.48. The van der Waals surface area contributed by atoms with Crippen LogP contribution in [0.5, 0.6) is 0 Å². The third-order valence-electron chi connectivity index (χ3n) is 5.32. The molecule has 2 atom stereocenters. The van der Waals surface area contributed by atoms with Gasteiger partial charge in [0.1, 0.15) is 0 Å². The van der Waals surface area contributed by atoms with Gasteiger partial charge in [0.05, 0.1) is 16.0 Å². The summed E-state index contributed by atoms with van der Waals surface area (Å²) in [6.45, 7) is 1.96. The van der Waals surface area contributed by atoms with Crippen molar-refractivity contribution in [3.05, 3.63) is 64.7 Å². The Morgan fingerprint density at radius 1 is 1.07 bits per heavy atom. The van der Waals surface area contributed by atoms with E-state index in [2.05, 4.69) is 4.72 Å². The van der Waals surface area contributed by atoms with Crippen molar-refractivity contribution in [3.63, 3.8) is 0 Å². The Morgan fingerprint density at radius 3 is 2.46 bits per heavy atom. The predicted octanol–water partition coefficient (Wildman–Crippen LogP) is 1.83. The fourth-order valence-electron chi connectivity index (χ4n) is 3.61. The highest BCUT2D eigenvalue weighted by molar-refractivity contribution is 7.90. The minimum atomic E-state index is -4.14. The van der Waals surface area contributed by atoms with E-state index >= 15 is 0 Å². The summed E-state index contributed by atoms with van der Waals surface area (Å²) < 4.78 is 27.3. The molecule has 28 heavy (non-hydrogen) atoms. The standard InChI is InChI=1S/C20H18N2O5S/c1-11-5-3-4-6-13(11)15-10-16(15)18(23)21-28(26,27)12-7-8-14-17(9-12)20(25)22(2)19(14)24/h3-9,15-16H,10H2,1-2H3,(H,21,23)/t15-,16+/m0/s1. The number of sulfonamides is 1. The molecule has 1 N–H and O–H groups in total. The first-order valence-corrected chi connectivity index (χ1v) is 10.3. The van der Waals surface area contributed by atoms with Gasteiger partial charge in [-0.15, -0.1) is 0 Å². The summed E-state index contributed by atoms with van der Waals surface area (Å²) >= 11 is 0. The molecule has 0 aromatic heterocycles. The number of hydrogen-bond acceptors (Lipinski definition) is 5. The summed E-state index contributed by atoms with van der Waals surface area (Å²) in [6, 6.07) is 11.4. The Hall–Kier alpha value is -3.00. The average molecular weight is 398 g/mol. The largest absolute Gasteiger partial charge is 0.277 e. The molecule has 2 aliphatic rings. The van der Waals surface area contributed by atoms with E-state index in [1.807, 2.05) is 31.2 Å². The van der Waals surface area contributed by atoms with Gasteiger partial charge in [0.2, 0.25) is 5.91 Å². The molecule has 8 heteroatoms. The van der Waals surface area contributed by atoms with Crippen molar-refractivity contribution in [1.29, 1.82) is 0 Å². The number of fused-ring (bicyclic) bond motifs is 1. The van der Waals surface area contributed by atoms with Gasteiger partial charge < -0.3 is 0 Å². The first-order chi connectivity index (χ1) is 13.2. The van der Waals surface area contributed by atoms with Gasteiger partial charge >= 0.3 is 0 Å². The van der Waals surface area contributed by atoms with Crippen LogP contribution in [0, 0.1) is 12.8 Å². The number of aryl methyl sites for hydroxylation is 1. The maximum absolute atomic E-state index is 12.6. The minimum absolute atomic E-state index is 0.00395. The van der Waals surface area contributed by atoms with Crippen LogP contribution in [0.1, 0.15) is 44.2 Å². The highest BCUT2D eigenvalue weighted by atomic mass is 32.2. The Morgan fingerprint density at radius 2 is 1.75 bits per heavy atom. The zero-order chi connectivity index (χ0) is 20.2. The number of imide groups is 1. The first kappa shape index (κ1) is 18.4. The van der Waals surface area contributed by atoms with E-state index in [9.17, 15) is 22.8 Å². The fourth-order valence-corrected chi connectivity index (χ4v) is 4.66. The molecular formula is C20H18N2O5S. The Labute approximate surface area is 162 Å². The topological polar surface area (TPSA) is 101 Å². The maximum atomic E-state index is 12.6. The maximum Gasteiger partial charge on any atom is 0.264 e. The predicted molar refractivity (Wildman–Crippen MR) is 100 cm³/mol. The molecule has 0 saturated heterocycles. The lowest BCUT2D eigenvalue weighted by Gasteiger charge is -2.08. The Bertz CT molecular complexity index is 1140. The summed E-state index contributed by atoms with van der Waals surface area (Å²) in [4.78, 5) is 37.2. The molecule has 4 rings (SSSR count). The first-order valence-electron chi connectivity index (χ1n) is 8.79. The van der Waals surface area contributed by atoms with Gasteiger partial charge in [-0.3, -0.25) is 19.3 Å². The summed E-state index contributed by atoms with van der Waals surface area (Å²) in [5.41, 5.74) is 2.29. The van der Waals surface area contributed by atoms with Crippen LogP contribution < -0.4 is 4.72 Å². The monoisotopic (exact) mass is 398 g/mol. The van der Waals surface area contributed by atoms with Crippen LogP contribution in [-0.4, -0.2) is 38.1 Å². The van der Waals surface area contributed by atoms with Gasteiger partial charge in [-0.1, -0.05) is 24.3 Å². The summed E-state index contributed by atoms with van der Waals surface area (Å²) in [5, 5.41) is 0. The Balaban J connectivity index is 1.53. The van der Waals surface area contributed by atoms with Crippen molar-refractivity contribution >= 4 is 27.7 Å². The molecule has 2 aromatic carbocycles. The molecule has 1 saturated carbocycles. The number of benzene rings is 2. The van der Waals surface area contributed by atoms with Gasteiger partial charge in [-0.05, 0) is 48.6 Å². The Kier molecular flexibility index (Phi) is 4.11. The van der Waals surface area contributed by atoms with Gasteiger partial charge in [-0.2, -0.15) is 0 Å². The number of amides is 3. The lowest BCUT2D eigenvalue weighted by atomic mass is 10.0. The van der Waals surface area contributed by atoms with Crippen LogP contribution in [-0.2, 0) is 14.8 Å². The van der Waals surface area contributed by atoms with Gasteiger partial charge in [0, 0.05) is 13.0 Å². The van der Waals surface area contributed by atoms with Gasteiger partial charge in [0.15, 0.2) is 0 Å². The summed E-state index contributed by atoms with van der Waals surface area (Å²) in [7, 11) is -2.81. The van der Waals surface area contributed by atoms with Crippen molar-refractivity contribution in [2.75, 3.05) is 7.05 Å². The molecule has 1 aliphatic heterocycles. The van der Waals surface area contributed by atoms with Crippen molar-refractivity contribution in [2.24, 2.45) is 5.92 Å². The molecule has 144 valence electrons. The molecule has 7 nitrogen and oxygen atoms in total. The van der Waals surface area contributed by atoms with E-state index in [0.29, 0.717) is 6.42 Å². The normalized spacial score (nSPS) is 20.9. The van der Waals surface area contributed by atoms with Crippen molar-refractivity contribution < 1.29 is 22.8 Å². The number of hydrogen-bond donors (Lipinski definition) is 1. The van der Waals surface area contributed by atoms with Crippen LogP contribution in [0.25, 0.3) is 0 Å². The van der Waals surface area contributed by atoms with Crippen LogP contribution in [0.4, 0.5) is 0 Å². The minimum Gasteiger partial charge on any atom is -0.277 e. The smallest absolute Gasteiger partial charge is 0.264 e. The van der Waals surface area contributed by atoms with Crippen LogP contribution in [0.15, 0.2) is 47.4 Å². The third-order valence-corrected chi connectivity index (χ3v) is 6.67. The van der Waals surface area contributed by atoms with Crippen molar-refractivity contribution in [2.45, 2.75) is 24.2 Å². The SMILES string of the molecule is Cc1ccccc1[C@@H]1C[C@H]1C(=O)NS(=O)(=O)c1ccc2c(c1)C(=O)N(C)C2=O. The molecular weight excluding hydrogens is 380 g/mol. The summed E-state index contributed by atoms with van der Waals surface area (Å²) in [6.07, 6.45) is 0.591. The number of carbonyl (C=O) groups excluding carboxylic acids is 3. The van der Waals surface area contributed by atoms with Gasteiger partial charge in [0.25, 0.3) is 21.8 Å². The number of nitrogens with zero attached hydrogens (tertiary/aromatic N) is 1. The molecule has 3 amide bonds. The molecule has 0 spiro atoms. The van der Waals surface area contributed by atoms with E-state index in [-0.39, 0.29) is 21.9 Å². The summed E-state index contributed by atoms with van der Waals surface area (Å²) in [5.74, 6) is -2.01. The molecule has 0 radical (unpaired) electrons. The van der Waals surface area contributed by atoms with E-state index in [0.717, 1.165) is 22.1 Å². The quantitative estimate of drug-likeness (QED) is 0.792. The highest BCUT2D eigenvalue weighted by Gasteiger charge is 2.45. The van der Waals surface area contributed by atoms with E-state index in [4.69, 9.17) is 0 Å². The molecule has 1 fully saturated rings. The lowest BCUT2D eigenvalue weighted by molar-refractivity contribution is -0.120. The molecule has 0 unspecified atom stereocenters. The molecule has 0 bridgehead atoms. The number of carbonyl (C=O) groups is 3. The third kappa shape index (κ3) is 2.90. The van der Waals surface area contributed by atoms with Crippen molar-refractivity contribution in [3.8, 4) is 0 Å². The molecule has 1 aliphatic carbocycles. The second kappa shape index (κ2) is 6.27. The van der Waals surface area contributed by atoms with E-state index in [1.165, 1.54) is 19.2 Å². The van der Waals surface area contributed by atoms with Crippen molar-refractivity contribution in [1.82, 2.24) is 9.62 Å². The van der Waals surface area contributed by atoms with E-state index in [1.54, 1.807) is 0 Å². The van der Waals surface area contributed by atoms with Crippen LogP contribution in [0.2, 0.25) is 0 Å². The number of rotatable bonds is 4. The van der Waals surface area contributed by atoms with E-state index < -0.39 is 33.7 Å². The lowest BCUT2D eigenvalue weighted by Crippen LogP contribution is -2.32. The average Bonchev–Trinajstić information content (AvgIpc) is 3.43. The zero-order valence-corrected chi connectivity index (χ0v) is 16.1. The second-order valence-corrected chi connectivity index (χ2v) is 8.83. The molecule has 1 heterocycles. The fraction of sp³-hybridized carbons (Fsp3) is 0.250. The molecule has 2 aromatic rings. The van der Waals surface area contributed by atoms with Crippen LogP contribution in [0.3, 0.4) is 0 Å². The second-order valence-electron chi connectivity index (χ2n) is 7.15. The zero-order valence-electron chi connectivity index (χ0n) is 15.3. The number of nitrogens with one attached hydrogen (secondary N) is 1. The van der Waals surface area contributed by atoms with Gasteiger partial charge in [-0.25, -0.2) is 13.1 Å². The van der Waals surface area contributed by atoms with Crippen LogP contribution >= 0.6 is 0 Å².